The molecule has 136 valence electrons. The van der Waals surface area contributed by atoms with Crippen LogP contribution in [-0.4, -0.2) is 24.3 Å². The third-order valence-electron chi connectivity index (χ3n) is 3.80. The topological polar surface area (TPSA) is 83.7 Å². The lowest BCUT2D eigenvalue weighted by Crippen LogP contribution is -2.42. The van der Waals surface area contributed by atoms with Gasteiger partial charge in [0, 0.05) is 4.88 Å². The first-order valence-electron chi connectivity index (χ1n) is 8.20. The summed E-state index contributed by atoms with van der Waals surface area (Å²) >= 11 is 1.39. The van der Waals surface area contributed by atoms with Gasteiger partial charge in [-0.25, -0.2) is 4.79 Å². The van der Waals surface area contributed by atoms with Gasteiger partial charge < -0.3 is 24.9 Å². The molecule has 0 bridgehead atoms. The van der Waals surface area contributed by atoms with Crippen molar-refractivity contribution in [1.29, 1.82) is 0 Å². The van der Waals surface area contributed by atoms with Crippen LogP contribution in [-0.2, 0) is 5.60 Å². The highest BCUT2D eigenvalue weighted by atomic mass is 32.1. The minimum atomic E-state index is -1.44. The lowest BCUT2D eigenvalue weighted by Gasteiger charge is -2.25. The third kappa shape index (κ3) is 3.89. The Kier molecular flexibility index (Phi) is 5.60. The quantitative estimate of drug-likeness (QED) is 0.589. The Morgan fingerprint density at radius 3 is 2.77 bits per heavy atom. The number of furan rings is 1. The van der Waals surface area contributed by atoms with E-state index in [1.807, 2.05) is 30.5 Å². The monoisotopic (exact) mass is 372 g/mol. The van der Waals surface area contributed by atoms with Crippen molar-refractivity contribution in [3.63, 3.8) is 0 Å². The average Bonchev–Trinajstić information content (AvgIpc) is 3.35. The molecule has 0 spiro atoms. The predicted octanol–water partition coefficient (Wildman–Crippen LogP) is 3.80. The Morgan fingerprint density at radius 2 is 2.08 bits per heavy atom. The lowest BCUT2D eigenvalue weighted by atomic mass is 9.99. The Morgan fingerprint density at radius 1 is 1.23 bits per heavy atom. The van der Waals surface area contributed by atoms with Crippen molar-refractivity contribution in [2.75, 3.05) is 18.5 Å². The fraction of sp³-hybridized carbons (Fsp3) is 0.211. The fourth-order valence-corrected chi connectivity index (χ4v) is 3.38. The van der Waals surface area contributed by atoms with Gasteiger partial charge in [0.15, 0.2) is 5.60 Å². The van der Waals surface area contributed by atoms with Crippen molar-refractivity contribution in [1.82, 2.24) is 5.32 Å². The zero-order valence-corrected chi connectivity index (χ0v) is 15.1. The van der Waals surface area contributed by atoms with Crippen molar-refractivity contribution >= 4 is 23.1 Å². The molecule has 0 aliphatic heterocycles. The second kappa shape index (κ2) is 8.07. The summed E-state index contributed by atoms with van der Waals surface area (Å²) in [6.07, 6.45) is 1.49. The number of thiophene rings is 1. The molecule has 3 N–H and O–H groups in total. The number of hydrogen-bond donors (Lipinski definition) is 3. The van der Waals surface area contributed by atoms with Crippen LogP contribution in [0.25, 0.3) is 0 Å². The Balaban J connectivity index is 1.71. The Hall–Kier alpha value is -2.77. The van der Waals surface area contributed by atoms with E-state index in [-0.39, 0.29) is 6.54 Å². The van der Waals surface area contributed by atoms with Crippen molar-refractivity contribution < 1.29 is 19.1 Å². The van der Waals surface area contributed by atoms with Crippen LogP contribution in [0, 0.1) is 0 Å². The van der Waals surface area contributed by atoms with Gasteiger partial charge in [0.25, 0.3) is 0 Å². The van der Waals surface area contributed by atoms with Crippen molar-refractivity contribution in [2.45, 2.75) is 12.5 Å². The molecule has 0 aliphatic carbocycles. The van der Waals surface area contributed by atoms with Gasteiger partial charge in [0.1, 0.15) is 11.5 Å². The number of para-hydroxylation sites is 2. The van der Waals surface area contributed by atoms with Crippen LogP contribution in [0.3, 0.4) is 0 Å². The number of amides is 2. The number of carbonyl (C=O) groups excluding carboxylic acids is 1. The van der Waals surface area contributed by atoms with E-state index in [4.69, 9.17) is 9.15 Å². The molecule has 7 heteroatoms. The number of urea groups is 1. The molecule has 1 atom stereocenters. The van der Waals surface area contributed by atoms with Gasteiger partial charge >= 0.3 is 6.03 Å². The Bertz CT molecular complexity index is 797. The summed E-state index contributed by atoms with van der Waals surface area (Å²) in [6, 6.07) is 13.8. The van der Waals surface area contributed by atoms with Gasteiger partial charge in [-0.15, -0.1) is 11.3 Å². The number of ether oxygens (including phenoxy) is 1. The van der Waals surface area contributed by atoms with E-state index in [9.17, 15) is 9.90 Å². The third-order valence-corrected chi connectivity index (χ3v) is 4.82. The summed E-state index contributed by atoms with van der Waals surface area (Å²) < 4.78 is 10.9. The summed E-state index contributed by atoms with van der Waals surface area (Å²) in [5.74, 6) is 0.958. The summed E-state index contributed by atoms with van der Waals surface area (Å²) in [6.45, 7) is 2.34. The second-order valence-corrected chi connectivity index (χ2v) is 6.50. The molecular weight excluding hydrogens is 352 g/mol. The standard InChI is InChI=1S/C19H20N2O4S/c1-2-24-15-8-4-3-7-14(15)21-18(22)20-13-19(23,16-9-5-11-25-16)17-10-6-12-26-17/h3-12,23H,2,13H2,1H3,(H2,20,21,22). The minimum absolute atomic E-state index is 0.0380. The van der Waals surface area contributed by atoms with Crippen LogP contribution < -0.4 is 15.4 Å². The maximum absolute atomic E-state index is 12.3. The number of nitrogens with one attached hydrogen (secondary N) is 2. The molecule has 2 amide bonds. The number of anilines is 1. The van der Waals surface area contributed by atoms with Crippen molar-refractivity contribution in [2.24, 2.45) is 0 Å². The van der Waals surface area contributed by atoms with Crippen LogP contribution in [0.5, 0.6) is 5.75 Å². The molecule has 0 saturated heterocycles. The fourth-order valence-electron chi connectivity index (χ4n) is 2.55. The number of hydrogen-bond acceptors (Lipinski definition) is 5. The van der Waals surface area contributed by atoms with Gasteiger partial charge in [0.2, 0.25) is 0 Å². The molecule has 1 unspecified atom stereocenters. The van der Waals surface area contributed by atoms with E-state index in [1.54, 1.807) is 30.3 Å². The number of carbonyl (C=O) groups is 1. The summed E-state index contributed by atoms with van der Waals surface area (Å²) in [5.41, 5.74) is -0.876. The van der Waals surface area contributed by atoms with Crippen LogP contribution in [0.1, 0.15) is 17.6 Å². The molecule has 0 aliphatic rings. The van der Waals surface area contributed by atoms with E-state index in [1.165, 1.54) is 17.6 Å². The largest absolute Gasteiger partial charge is 0.492 e. The van der Waals surface area contributed by atoms with E-state index >= 15 is 0 Å². The summed E-state index contributed by atoms with van der Waals surface area (Å²) in [4.78, 5) is 13.0. The molecule has 0 saturated carbocycles. The Labute approximate surface area is 155 Å². The first kappa shape index (κ1) is 18.0. The molecule has 3 aromatic rings. The molecule has 2 heterocycles. The van der Waals surface area contributed by atoms with E-state index in [0.29, 0.717) is 28.7 Å². The maximum Gasteiger partial charge on any atom is 0.319 e. The smallest absolute Gasteiger partial charge is 0.319 e. The highest BCUT2D eigenvalue weighted by Gasteiger charge is 2.36. The first-order valence-corrected chi connectivity index (χ1v) is 9.08. The van der Waals surface area contributed by atoms with Gasteiger partial charge in [0.05, 0.1) is 25.1 Å². The molecule has 6 nitrogen and oxygen atoms in total. The van der Waals surface area contributed by atoms with Gasteiger partial charge in [-0.05, 0) is 42.6 Å². The number of rotatable bonds is 7. The van der Waals surface area contributed by atoms with Crippen LogP contribution in [0.2, 0.25) is 0 Å². The average molecular weight is 372 g/mol. The second-order valence-electron chi connectivity index (χ2n) is 5.55. The molecule has 1 aromatic carbocycles. The van der Waals surface area contributed by atoms with E-state index < -0.39 is 11.6 Å². The summed E-state index contributed by atoms with van der Waals surface area (Å²) in [7, 11) is 0. The molecule has 26 heavy (non-hydrogen) atoms. The lowest BCUT2D eigenvalue weighted by molar-refractivity contribution is 0.0628. The van der Waals surface area contributed by atoms with Crippen molar-refractivity contribution in [3.05, 3.63) is 70.8 Å². The van der Waals surface area contributed by atoms with E-state index in [0.717, 1.165) is 0 Å². The highest BCUT2D eigenvalue weighted by molar-refractivity contribution is 7.10. The van der Waals surface area contributed by atoms with Crippen molar-refractivity contribution in [3.8, 4) is 5.75 Å². The number of benzene rings is 1. The number of aliphatic hydroxyl groups is 1. The molecular formula is C19H20N2O4S. The molecule has 3 rings (SSSR count). The molecule has 0 fully saturated rings. The molecule has 0 radical (unpaired) electrons. The SMILES string of the molecule is CCOc1ccccc1NC(=O)NCC(O)(c1ccco1)c1cccs1. The van der Waals surface area contributed by atoms with Crippen LogP contribution >= 0.6 is 11.3 Å². The summed E-state index contributed by atoms with van der Waals surface area (Å²) in [5, 5.41) is 18.5. The minimum Gasteiger partial charge on any atom is -0.492 e. The molecule has 2 aromatic heterocycles. The normalized spacial score (nSPS) is 13.0. The highest BCUT2D eigenvalue weighted by Crippen LogP contribution is 2.32. The van der Waals surface area contributed by atoms with Crippen LogP contribution in [0.4, 0.5) is 10.5 Å². The zero-order chi connectivity index (χ0) is 18.4. The van der Waals surface area contributed by atoms with E-state index in [2.05, 4.69) is 10.6 Å². The van der Waals surface area contributed by atoms with Gasteiger partial charge in [-0.3, -0.25) is 0 Å². The maximum atomic E-state index is 12.3. The van der Waals surface area contributed by atoms with Gasteiger partial charge in [-0.2, -0.15) is 0 Å². The first-order chi connectivity index (χ1) is 12.6. The van der Waals surface area contributed by atoms with Crippen LogP contribution in [0.15, 0.2) is 64.6 Å². The zero-order valence-electron chi connectivity index (χ0n) is 14.3. The van der Waals surface area contributed by atoms with Gasteiger partial charge in [-0.1, -0.05) is 18.2 Å². The predicted molar refractivity (Wildman–Crippen MR) is 101 cm³/mol.